The lowest BCUT2D eigenvalue weighted by Gasteiger charge is -2.35. The summed E-state index contributed by atoms with van der Waals surface area (Å²) >= 11 is 1.78. The van der Waals surface area contributed by atoms with Gasteiger partial charge in [0.15, 0.2) is 0 Å². The Morgan fingerprint density at radius 1 is 1.28 bits per heavy atom. The van der Waals surface area contributed by atoms with Crippen LogP contribution in [0.2, 0.25) is 0 Å². The van der Waals surface area contributed by atoms with Crippen LogP contribution in [-0.2, 0) is 22.6 Å². The Bertz CT molecular complexity index is 647. The van der Waals surface area contributed by atoms with Crippen LogP contribution in [0, 0.1) is 0 Å². The molecule has 5 nitrogen and oxygen atoms in total. The number of rotatable bonds is 4. The van der Waals surface area contributed by atoms with Gasteiger partial charge in [0.05, 0.1) is 0 Å². The molecule has 2 bridgehead atoms. The highest BCUT2D eigenvalue weighted by Gasteiger charge is 2.36. The van der Waals surface area contributed by atoms with Crippen molar-refractivity contribution in [2.45, 2.75) is 69.6 Å². The highest BCUT2D eigenvalue weighted by molar-refractivity contribution is 7.10. The second-order valence-corrected chi connectivity index (χ2v) is 8.70. The van der Waals surface area contributed by atoms with Crippen molar-refractivity contribution < 1.29 is 9.59 Å². The Labute approximate surface area is 153 Å². The van der Waals surface area contributed by atoms with E-state index >= 15 is 0 Å². The molecular weight excluding hydrogens is 334 g/mol. The topological polar surface area (TPSA) is 52.7 Å². The van der Waals surface area contributed by atoms with Crippen LogP contribution in [0.3, 0.4) is 0 Å². The van der Waals surface area contributed by atoms with Crippen molar-refractivity contribution in [1.82, 2.24) is 15.1 Å². The van der Waals surface area contributed by atoms with Crippen LogP contribution in [0.25, 0.3) is 0 Å². The van der Waals surface area contributed by atoms with E-state index in [-0.39, 0.29) is 11.8 Å². The number of nitrogens with zero attached hydrogens (tertiary/aromatic N) is 2. The predicted octanol–water partition coefficient (Wildman–Crippen LogP) is 2.15. The molecule has 4 heterocycles. The summed E-state index contributed by atoms with van der Waals surface area (Å²) in [6, 6.07) is 3.61. The molecular formula is C19H27N3O2S. The minimum atomic E-state index is 0.115. The molecule has 3 aliphatic heterocycles. The normalized spacial score (nSPS) is 27.9. The second-order valence-electron chi connectivity index (χ2n) is 7.70. The van der Waals surface area contributed by atoms with Crippen molar-refractivity contribution in [1.29, 1.82) is 0 Å². The van der Waals surface area contributed by atoms with Gasteiger partial charge in [-0.3, -0.25) is 9.59 Å². The summed E-state index contributed by atoms with van der Waals surface area (Å²) in [5.41, 5.74) is 1.28. The Balaban J connectivity index is 1.26. The summed E-state index contributed by atoms with van der Waals surface area (Å²) in [6.45, 7) is 1.49. The van der Waals surface area contributed by atoms with E-state index in [4.69, 9.17) is 0 Å². The lowest BCUT2D eigenvalue weighted by Crippen LogP contribution is -2.48. The first-order valence-corrected chi connectivity index (χ1v) is 10.3. The molecule has 2 saturated heterocycles. The van der Waals surface area contributed by atoms with E-state index in [1.165, 1.54) is 23.3 Å². The average Bonchev–Trinajstić information content (AvgIpc) is 3.23. The molecule has 2 fully saturated rings. The first-order chi connectivity index (χ1) is 12.1. The highest BCUT2D eigenvalue weighted by atomic mass is 32.1. The summed E-state index contributed by atoms with van der Waals surface area (Å²) in [6.07, 6.45) is 6.20. The van der Waals surface area contributed by atoms with E-state index in [0.29, 0.717) is 37.5 Å². The largest absolute Gasteiger partial charge is 0.343 e. The van der Waals surface area contributed by atoms with Crippen LogP contribution >= 0.6 is 11.3 Å². The van der Waals surface area contributed by atoms with Gasteiger partial charge in [-0.05, 0) is 49.1 Å². The zero-order valence-electron chi connectivity index (χ0n) is 14.9. The molecule has 4 rings (SSSR count). The Morgan fingerprint density at radius 2 is 2.04 bits per heavy atom. The molecule has 136 valence electrons. The van der Waals surface area contributed by atoms with Gasteiger partial charge in [-0.1, -0.05) is 0 Å². The van der Waals surface area contributed by atoms with Crippen molar-refractivity contribution >= 4 is 23.2 Å². The summed E-state index contributed by atoms with van der Waals surface area (Å²) in [4.78, 5) is 30.3. The molecule has 0 radical (unpaired) electrons. The van der Waals surface area contributed by atoms with Gasteiger partial charge in [0, 0.05) is 56.0 Å². The number of amides is 2. The summed E-state index contributed by atoms with van der Waals surface area (Å²) in [5.74, 6) is 0.233. The fourth-order valence-corrected chi connectivity index (χ4v) is 5.45. The van der Waals surface area contributed by atoms with Crippen LogP contribution in [0.5, 0.6) is 0 Å². The molecule has 0 spiro atoms. The number of carbonyl (C=O) groups excluding carboxylic acids is 2. The number of hydrogen-bond donors (Lipinski definition) is 1. The molecule has 1 aromatic heterocycles. The monoisotopic (exact) mass is 361 g/mol. The molecule has 2 atom stereocenters. The maximum absolute atomic E-state index is 12.6. The first kappa shape index (κ1) is 17.0. The van der Waals surface area contributed by atoms with Gasteiger partial charge in [-0.2, -0.15) is 0 Å². The van der Waals surface area contributed by atoms with Crippen molar-refractivity contribution in [3.63, 3.8) is 0 Å². The van der Waals surface area contributed by atoms with E-state index in [9.17, 15) is 9.59 Å². The third kappa shape index (κ3) is 3.60. The molecule has 0 saturated carbocycles. The van der Waals surface area contributed by atoms with Crippen LogP contribution in [0.4, 0.5) is 0 Å². The maximum Gasteiger partial charge on any atom is 0.223 e. The minimum Gasteiger partial charge on any atom is -0.343 e. The smallest absolute Gasteiger partial charge is 0.223 e. The molecule has 3 aliphatic rings. The molecule has 0 aromatic carbocycles. The Hall–Kier alpha value is -1.40. The van der Waals surface area contributed by atoms with Gasteiger partial charge in [0.25, 0.3) is 0 Å². The third-order valence-electron chi connectivity index (χ3n) is 6.10. The van der Waals surface area contributed by atoms with E-state index < -0.39 is 0 Å². The average molecular weight is 362 g/mol. The van der Waals surface area contributed by atoms with Crippen molar-refractivity contribution in [3.8, 4) is 0 Å². The number of carbonyl (C=O) groups is 2. The maximum atomic E-state index is 12.6. The molecule has 1 aromatic rings. The van der Waals surface area contributed by atoms with Crippen LogP contribution in [0.1, 0.15) is 49.0 Å². The van der Waals surface area contributed by atoms with Crippen molar-refractivity contribution in [2.24, 2.45) is 0 Å². The molecule has 2 unspecified atom stereocenters. The predicted molar refractivity (Wildman–Crippen MR) is 98.4 cm³/mol. The summed E-state index contributed by atoms with van der Waals surface area (Å²) < 4.78 is 0. The van der Waals surface area contributed by atoms with Crippen molar-refractivity contribution in [3.05, 3.63) is 21.9 Å². The molecule has 1 N–H and O–H groups in total. The quantitative estimate of drug-likeness (QED) is 0.894. The molecule has 25 heavy (non-hydrogen) atoms. The van der Waals surface area contributed by atoms with Gasteiger partial charge in [0.1, 0.15) is 0 Å². The lowest BCUT2D eigenvalue weighted by molar-refractivity contribution is -0.138. The SMILES string of the molecule is CN(C(=O)CCC(=O)N1CCc2sccc2C1)C1CC2CCC(C1)N2. The van der Waals surface area contributed by atoms with E-state index in [2.05, 4.69) is 16.8 Å². The second kappa shape index (κ2) is 7.08. The van der Waals surface area contributed by atoms with Gasteiger partial charge in [-0.25, -0.2) is 0 Å². The Morgan fingerprint density at radius 3 is 2.80 bits per heavy atom. The van der Waals surface area contributed by atoms with Crippen LogP contribution in [0.15, 0.2) is 11.4 Å². The third-order valence-corrected chi connectivity index (χ3v) is 7.13. The molecule has 2 amide bonds. The van der Waals surface area contributed by atoms with Gasteiger partial charge < -0.3 is 15.1 Å². The number of fused-ring (bicyclic) bond motifs is 3. The van der Waals surface area contributed by atoms with Crippen LogP contribution < -0.4 is 5.32 Å². The van der Waals surface area contributed by atoms with Crippen molar-refractivity contribution in [2.75, 3.05) is 13.6 Å². The fourth-order valence-electron chi connectivity index (χ4n) is 4.56. The zero-order valence-corrected chi connectivity index (χ0v) is 15.7. The number of thiophene rings is 1. The number of hydrogen-bond acceptors (Lipinski definition) is 4. The highest BCUT2D eigenvalue weighted by Crippen LogP contribution is 2.29. The minimum absolute atomic E-state index is 0.115. The number of nitrogens with one attached hydrogen (secondary N) is 1. The van der Waals surface area contributed by atoms with E-state index in [0.717, 1.165) is 25.8 Å². The summed E-state index contributed by atoms with van der Waals surface area (Å²) in [5, 5.41) is 5.72. The molecule has 6 heteroatoms. The fraction of sp³-hybridized carbons (Fsp3) is 0.684. The van der Waals surface area contributed by atoms with E-state index in [1.54, 1.807) is 11.3 Å². The Kier molecular flexibility index (Phi) is 4.82. The van der Waals surface area contributed by atoms with Gasteiger partial charge in [0.2, 0.25) is 11.8 Å². The zero-order chi connectivity index (χ0) is 17.4. The first-order valence-electron chi connectivity index (χ1n) is 9.45. The van der Waals surface area contributed by atoms with E-state index in [1.807, 2.05) is 16.8 Å². The van der Waals surface area contributed by atoms with Gasteiger partial charge in [-0.15, -0.1) is 11.3 Å². The standard InChI is InChI=1S/C19H27N3O2S/c1-21(16-10-14-2-3-15(11-16)20-14)18(23)4-5-19(24)22-8-6-17-13(12-22)7-9-25-17/h7,9,14-16,20H,2-6,8,10-12H2,1H3. The number of piperidine rings is 1. The van der Waals surface area contributed by atoms with Crippen LogP contribution in [-0.4, -0.2) is 53.3 Å². The lowest BCUT2D eigenvalue weighted by atomic mass is 9.98. The van der Waals surface area contributed by atoms with Gasteiger partial charge >= 0.3 is 0 Å². The summed E-state index contributed by atoms with van der Waals surface area (Å²) in [7, 11) is 1.92. The molecule has 0 aliphatic carbocycles.